The van der Waals surface area contributed by atoms with Crippen molar-refractivity contribution in [2.45, 2.75) is 45.6 Å². The highest BCUT2D eigenvalue weighted by Crippen LogP contribution is 2.35. The minimum absolute atomic E-state index is 0.0291. The standard InChI is InChI=1S/C24H27F2NO7S/c1-13(28)27-19(22(30)32-5)12-35-23(31)33-20-9-6-14(16-8-7-15(25)11-18(16)26)10-17(20)21(29)34-24(2,3)4/h6-11,19,21,29H,12H2,1-5H3,(H,27,28). The molecule has 0 aromatic heterocycles. The van der Waals surface area contributed by atoms with E-state index in [0.29, 0.717) is 11.8 Å². The molecular weight excluding hydrogens is 484 g/mol. The van der Waals surface area contributed by atoms with Crippen LogP contribution >= 0.6 is 11.8 Å². The molecule has 0 fully saturated rings. The van der Waals surface area contributed by atoms with Crippen molar-refractivity contribution in [2.24, 2.45) is 0 Å². The molecule has 2 unspecified atom stereocenters. The molecule has 2 aromatic rings. The first-order valence-electron chi connectivity index (χ1n) is 10.5. The van der Waals surface area contributed by atoms with Crippen LogP contribution in [-0.2, 0) is 19.1 Å². The number of thioether (sulfide) groups is 1. The fourth-order valence-corrected chi connectivity index (χ4v) is 3.62. The van der Waals surface area contributed by atoms with Crippen LogP contribution in [-0.4, -0.2) is 46.8 Å². The van der Waals surface area contributed by atoms with E-state index in [0.717, 1.165) is 19.2 Å². The summed E-state index contributed by atoms with van der Waals surface area (Å²) in [5, 5.41) is 12.2. The van der Waals surface area contributed by atoms with E-state index in [1.54, 1.807) is 20.8 Å². The molecule has 2 N–H and O–H groups in total. The van der Waals surface area contributed by atoms with Gasteiger partial charge in [-0.2, -0.15) is 0 Å². The molecule has 8 nitrogen and oxygen atoms in total. The highest BCUT2D eigenvalue weighted by molar-refractivity contribution is 8.13. The van der Waals surface area contributed by atoms with Crippen molar-refractivity contribution < 1.29 is 42.5 Å². The molecule has 0 saturated carbocycles. The van der Waals surface area contributed by atoms with Crippen LogP contribution in [0.15, 0.2) is 36.4 Å². The number of hydrogen-bond donors (Lipinski definition) is 2. The summed E-state index contributed by atoms with van der Waals surface area (Å²) >= 11 is 0.602. The highest BCUT2D eigenvalue weighted by Gasteiger charge is 2.26. The summed E-state index contributed by atoms with van der Waals surface area (Å²) in [6, 6.07) is 6.14. The van der Waals surface area contributed by atoms with Gasteiger partial charge in [0.1, 0.15) is 23.4 Å². The summed E-state index contributed by atoms with van der Waals surface area (Å²) in [4.78, 5) is 35.6. The van der Waals surface area contributed by atoms with Crippen LogP contribution in [0.25, 0.3) is 11.1 Å². The maximum atomic E-state index is 14.3. The van der Waals surface area contributed by atoms with Crippen molar-refractivity contribution in [2.75, 3.05) is 12.9 Å². The van der Waals surface area contributed by atoms with Crippen LogP contribution in [0.2, 0.25) is 0 Å². The molecule has 35 heavy (non-hydrogen) atoms. The van der Waals surface area contributed by atoms with Crippen LogP contribution in [0.1, 0.15) is 39.5 Å². The quantitative estimate of drug-likeness (QED) is 0.398. The smallest absolute Gasteiger partial charge is 0.372 e. The van der Waals surface area contributed by atoms with Crippen molar-refractivity contribution >= 4 is 28.9 Å². The Morgan fingerprint density at radius 2 is 1.80 bits per heavy atom. The van der Waals surface area contributed by atoms with Crippen LogP contribution in [0, 0.1) is 11.6 Å². The molecule has 11 heteroatoms. The molecular formula is C24H27F2NO7S. The lowest BCUT2D eigenvalue weighted by molar-refractivity contribution is -0.170. The second kappa shape index (κ2) is 12.1. The van der Waals surface area contributed by atoms with Crippen molar-refractivity contribution in [3.05, 3.63) is 53.6 Å². The number of methoxy groups -OCH3 is 1. The summed E-state index contributed by atoms with van der Waals surface area (Å²) < 4.78 is 43.2. The van der Waals surface area contributed by atoms with Gasteiger partial charge in [0.25, 0.3) is 0 Å². The van der Waals surface area contributed by atoms with Gasteiger partial charge in [0.15, 0.2) is 6.29 Å². The van der Waals surface area contributed by atoms with Crippen LogP contribution in [0.3, 0.4) is 0 Å². The molecule has 0 bridgehead atoms. The lowest BCUT2D eigenvalue weighted by atomic mass is 10.0. The maximum absolute atomic E-state index is 14.3. The summed E-state index contributed by atoms with van der Waals surface area (Å²) in [6.45, 7) is 6.33. The van der Waals surface area contributed by atoms with E-state index >= 15 is 0 Å². The molecule has 0 aliphatic carbocycles. The number of hydrogen-bond acceptors (Lipinski definition) is 8. The SMILES string of the molecule is COC(=O)C(CSC(=O)Oc1ccc(-c2ccc(F)cc2F)cc1C(O)OC(C)(C)C)NC(C)=O. The second-order valence-electron chi connectivity index (χ2n) is 8.40. The Hall–Kier alpha value is -3.02. The summed E-state index contributed by atoms with van der Waals surface area (Å²) in [5.41, 5.74) is -0.392. The van der Waals surface area contributed by atoms with Gasteiger partial charge < -0.3 is 24.6 Å². The number of halogens is 2. The molecule has 190 valence electrons. The third kappa shape index (κ3) is 8.61. The first kappa shape index (κ1) is 28.2. The zero-order valence-corrected chi connectivity index (χ0v) is 20.7. The van der Waals surface area contributed by atoms with E-state index in [2.05, 4.69) is 10.1 Å². The van der Waals surface area contributed by atoms with Crippen molar-refractivity contribution in [1.82, 2.24) is 5.32 Å². The van der Waals surface area contributed by atoms with Crippen molar-refractivity contribution in [1.29, 1.82) is 0 Å². The van der Waals surface area contributed by atoms with Gasteiger partial charge >= 0.3 is 11.3 Å². The number of carbonyl (C=O) groups is 3. The maximum Gasteiger partial charge on any atom is 0.372 e. The minimum Gasteiger partial charge on any atom is -0.467 e. The molecule has 2 aromatic carbocycles. The summed E-state index contributed by atoms with van der Waals surface area (Å²) in [6.07, 6.45) is -1.55. The van der Waals surface area contributed by atoms with E-state index < -0.39 is 46.7 Å². The van der Waals surface area contributed by atoms with Gasteiger partial charge in [-0.3, -0.25) is 4.79 Å². The molecule has 0 aliphatic rings. The molecule has 0 heterocycles. The van der Waals surface area contributed by atoms with Crippen LogP contribution in [0.4, 0.5) is 13.6 Å². The Kier molecular flexibility index (Phi) is 9.75. The third-order valence-electron chi connectivity index (χ3n) is 4.41. The first-order chi connectivity index (χ1) is 16.3. The minimum atomic E-state index is -1.55. The Morgan fingerprint density at radius 1 is 1.11 bits per heavy atom. The predicted molar refractivity (Wildman–Crippen MR) is 126 cm³/mol. The number of carbonyl (C=O) groups excluding carboxylic acids is 3. The normalized spacial score (nSPS) is 13.0. The average Bonchev–Trinajstić information content (AvgIpc) is 2.75. The fraction of sp³-hybridized carbons (Fsp3) is 0.375. The average molecular weight is 512 g/mol. The van der Waals surface area contributed by atoms with E-state index in [1.807, 2.05) is 0 Å². The first-order valence-corrected chi connectivity index (χ1v) is 11.4. The third-order valence-corrected chi connectivity index (χ3v) is 5.23. The summed E-state index contributed by atoms with van der Waals surface area (Å²) in [5.74, 6) is -3.01. The van der Waals surface area contributed by atoms with Crippen LogP contribution in [0.5, 0.6) is 5.75 Å². The Balaban J connectivity index is 2.31. The zero-order chi connectivity index (χ0) is 26.3. The molecule has 0 saturated heterocycles. The van der Waals surface area contributed by atoms with Gasteiger partial charge in [0.2, 0.25) is 5.91 Å². The lowest BCUT2D eigenvalue weighted by Gasteiger charge is -2.25. The fourth-order valence-electron chi connectivity index (χ4n) is 2.95. The zero-order valence-electron chi connectivity index (χ0n) is 19.9. The number of ether oxygens (including phenoxy) is 3. The van der Waals surface area contributed by atoms with E-state index in [9.17, 15) is 28.3 Å². The summed E-state index contributed by atoms with van der Waals surface area (Å²) in [7, 11) is 1.15. The number of rotatable bonds is 8. The van der Waals surface area contributed by atoms with Crippen molar-refractivity contribution in [3.63, 3.8) is 0 Å². The van der Waals surface area contributed by atoms with Gasteiger partial charge in [-0.05, 0) is 62.4 Å². The van der Waals surface area contributed by atoms with Gasteiger partial charge in [0.05, 0.1) is 18.3 Å². The number of amides is 1. The lowest BCUT2D eigenvalue weighted by Crippen LogP contribution is -2.42. The van der Waals surface area contributed by atoms with E-state index in [4.69, 9.17) is 9.47 Å². The van der Waals surface area contributed by atoms with Gasteiger partial charge in [0, 0.05) is 24.3 Å². The second-order valence-corrected chi connectivity index (χ2v) is 9.35. The molecule has 0 aliphatic heterocycles. The van der Waals surface area contributed by atoms with Gasteiger partial charge in [-0.15, -0.1) is 0 Å². The molecule has 0 spiro atoms. The monoisotopic (exact) mass is 511 g/mol. The Morgan fingerprint density at radius 3 is 2.37 bits per heavy atom. The number of aliphatic hydroxyl groups excluding tert-OH is 1. The number of aliphatic hydroxyl groups is 1. The number of esters is 1. The number of benzene rings is 2. The Labute approximate surface area is 205 Å². The van der Waals surface area contributed by atoms with Gasteiger partial charge in [-0.1, -0.05) is 6.07 Å². The van der Waals surface area contributed by atoms with E-state index in [1.165, 1.54) is 31.2 Å². The molecule has 1 amide bonds. The van der Waals surface area contributed by atoms with Crippen molar-refractivity contribution in [3.8, 4) is 16.9 Å². The molecule has 0 radical (unpaired) electrons. The molecule has 2 atom stereocenters. The predicted octanol–water partition coefficient (Wildman–Crippen LogP) is 4.35. The number of nitrogens with one attached hydrogen (secondary N) is 1. The highest BCUT2D eigenvalue weighted by atomic mass is 32.2. The van der Waals surface area contributed by atoms with E-state index in [-0.39, 0.29) is 28.2 Å². The van der Waals surface area contributed by atoms with Crippen LogP contribution < -0.4 is 10.1 Å². The topological polar surface area (TPSA) is 111 Å². The molecule has 2 rings (SSSR count). The Bertz CT molecular complexity index is 1090. The van der Waals surface area contributed by atoms with Gasteiger partial charge in [-0.25, -0.2) is 18.4 Å². The largest absolute Gasteiger partial charge is 0.467 e.